The van der Waals surface area contributed by atoms with E-state index in [0.717, 1.165) is 204 Å². The second kappa shape index (κ2) is 27.2. The summed E-state index contributed by atoms with van der Waals surface area (Å²) in [5.41, 5.74) is 38.8. The van der Waals surface area contributed by atoms with Crippen LogP contribution in [0.4, 0.5) is 0 Å². The SMILES string of the molecule is CCC1=C(CC)c2cc3[nH]c(cc4[nH]c(c(C#CC#CC#CC#Cc5c6nc(cc7[nH]c(cc8nc(cc9[nH]c5c(CC)c9CC)C(CC)=C8CC)c(CC)c7CC)C(CC)=C6CC)c5nc(cc1n2)C(CC)=C5CC)c(CC)c4CC)c(CC)c3CC. The lowest BCUT2D eigenvalue weighted by Gasteiger charge is -2.06. The first-order valence-corrected chi connectivity index (χ1v) is 33.5. The van der Waals surface area contributed by atoms with Crippen molar-refractivity contribution in [3.63, 3.8) is 0 Å². The fourth-order valence-corrected chi connectivity index (χ4v) is 14.9. The standard InChI is InChI=1S/C80H90N8/c1-17-47-51(21-5)69-43-73-55(25-9)59(29-13)77(85-73)63(78-60(30-14)56(26-10)74(86-78)44-70-52(22-6)48(18-2)66(82-70)41-65(47)81-69)39-37-35-33-34-36-38-40-64-79-61(31-15)57(27-11)75(87-79)45-71-53(23-7)49(19-3)67(83-71)42-68-50(20-4)54(24-8)72(84-68)46-76-58(28-12)62(32-16)80(64)88-76/h41-46,81,83,85,88H,17-32H2,1-16H3. The summed E-state index contributed by atoms with van der Waals surface area (Å²) < 4.78 is 0. The van der Waals surface area contributed by atoms with Crippen molar-refractivity contribution in [1.29, 1.82) is 0 Å². The third-order valence-corrected chi connectivity index (χ3v) is 18.9. The molecule has 10 rings (SSSR count). The summed E-state index contributed by atoms with van der Waals surface area (Å²) in [6.07, 6.45) is 13.9. The molecular weight excluding hydrogens is 1070 g/mol. The van der Waals surface area contributed by atoms with Gasteiger partial charge in [-0.25, -0.2) is 19.9 Å². The maximum atomic E-state index is 5.60. The molecule has 0 atom stereocenters. The van der Waals surface area contributed by atoms with Crippen LogP contribution in [0.2, 0.25) is 0 Å². The van der Waals surface area contributed by atoms with E-state index >= 15 is 0 Å². The number of hydrogen-bond donors (Lipinski definition) is 4. The van der Waals surface area contributed by atoms with E-state index in [2.05, 4.69) is 214 Å². The van der Waals surface area contributed by atoms with Gasteiger partial charge in [-0.2, -0.15) is 0 Å². The van der Waals surface area contributed by atoms with Crippen molar-refractivity contribution in [2.24, 2.45) is 0 Å². The fourth-order valence-electron chi connectivity index (χ4n) is 14.9. The van der Waals surface area contributed by atoms with E-state index < -0.39 is 0 Å². The molecule has 4 aliphatic rings. The van der Waals surface area contributed by atoms with Gasteiger partial charge in [-0.15, -0.1) is 0 Å². The molecule has 0 saturated heterocycles. The highest BCUT2D eigenvalue weighted by molar-refractivity contribution is 6.00. The van der Waals surface area contributed by atoms with Gasteiger partial charge in [0, 0.05) is 33.1 Å². The number of nitrogens with zero attached hydrogens (tertiary/aromatic N) is 4. The second-order valence-electron chi connectivity index (χ2n) is 23.1. The highest BCUT2D eigenvalue weighted by Gasteiger charge is 2.28. The lowest BCUT2D eigenvalue weighted by molar-refractivity contribution is 1.07. The Hall–Kier alpha value is -8.56. The fraction of sp³-hybridized carbons (Fsp3) is 0.400. The van der Waals surface area contributed by atoms with Crippen LogP contribution in [0.5, 0.6) is 0 Å². The van der Waals surface area contributed by atoms with Gasteiger partial charge in [0.2, 0.25) is 0 Å². The van der Waals surface area contributed by atoms with E-state index in [1.165, 1.54) is 89.1 Å². The molecule has 4 N–H and O–H groups in total. The number of H-pyrrole nitrogens is 4. The number of aromatic amines is 4. The van der Waals surface area contributed by atoms with E-state index in [4.69, 9.17) is 19.9 Å². The molecule has 0 fully saturated rings. The van der Waals surface area contributed by atoms with Gasteiger partial charge in [0.05, 0.1) is 67.7 Å². The zero-order chi connectivity index (χ0) is 62.5. The number of rotatable bonds is 16. The Balaban J connectivity index is 1.21. The Kier molecular flexibility index (Phi) is 19.3. The largest absolute Gasteiger partial charge is 0.355 e. The molecule has 6 aromatic heterocycles. The topological polar surface area (TPSA) is 115 Å². The van der Waals surface area contributed by atoms with E-state index in [1.54, 1.807) is 0 Å². The second-order valence-corrected chi connectivity index (χ2v) is 23.1. The third kappa shape index (κ3) is 11.0. The Bertz CT molecular complexity index is 4550. The summed E-state index contributed by atoms with van der Waals surface area (Å²) >= 11 is 0. The molecule has 0 aliphatic carbocycles. The van der Waals surface area contributed by atoms with Crippen LogP contribution in [-0.2, 0) is 51.4 Å². The molecule has 0 spiro atoms. The first-order valence-electron chi connectivity index (χ1n) is 33.5. The van der Waals surface area contributed by atoms with Crippen molar-refractivity contribution >= 4 is 88.7 Å². The number of hydrogen-bond acceptors (Lipinski definition) is 4. The molecule has 0 aromatic carbocycles. The van der Waals surface area contributed by atoms with Gasteiger partial charge in [0.25, 0.3) is 0 Å². The van der Waals surface area contributed by atoms with Crippen molar-refractivity contribution in [2.45, 2.75) is 214 Å². The molecule has 0 amide bonds. The maximum Gasteiger partial charge on any atom is 0.0850 e. The highest BCUT2D eigenvalue weighted by Crippen LogP contribution is 2.43. The summed E-state index contributed by atoms with van der Waals surface area (Å²) in [5.74, 6) is 26.4. The van der Waals surface area contributed by atoms with Crippen LogP contribution in [0, 0.1) is 47.4 Å². The quantitative estimate of drug-likeness (QED) is 0.0723. The zero-order valence-corrected chi connectivity index (χ0v) is 55.6. The van der Waals surface area contributed by atoms with E-state index in [-0.39, 0.29) is 0 Å². The summed E-state index contributed by atoms with van der Waals surface area (Å²) in [7, 11) is 0. The first kappa shape index (κ1) is 62.5. The van der Waals surface area contributed by atoms with Crippen LogP contribution in [0.3, 0.4) is 0 Å². The Labute approximate surface area is 524 Å². The molecule has 450 valence electrons. The van der Waals surface area contributed by atoms with Crippen molar-refractivity contribution < 1.29 is 0 Å². The summed E-state index contributed by atoms with van der Waals surface area (Å²) in [4.78, 5) is 37.8. The van der Waals surface area contributed by atoms with Crippen LogP contribution < -0.4 is 0 Å². The molecule has 4 aliphatic heterocycles. The van der Waals surface area contributed by atoms with E-state index in [1.807, 2.05) is 0 Å². The number of allylic oxidation sites excluding steroid dienone is 8. The first-order chi connectivity index (χ1) is 42.9. The number of aryl methyl sites for hydroxylation is 8. The zero-order valence-electron chi connectivity index (χ0n) is 55.6. The average molecular weight is 1160 g/mol. The van der Waals surface area contributed by atoms with Crippen LogP contribution in [0.15, 0.2) is 36.4 Å². The minimum Gasteiger partial charge on any atom is -0.355 e. The van der Waals surface area contributed by atoms with E-state index in [9.17, 15) is 0 Å². The molecule has 10 heterocycles. The molecule has 0 radical (unpaired) electrons. The monoisotopic (exact) mass is 1160 g/mol. The van der Waals surface area contributed by atoms with Crippen molar-refractivity contribution in [2.75, 3.05) is 0 Å². The van der Waals surface area contributed by atoms with Gasteiger partial charge in [-0.1, -0.05) is 111 Å². The van der Waals surface area contributed by atoms with Gasteiger partial charge >= 0.3 is 0 Å². The van der Waals surface area contributed by atoms with Crippen molar-refractivity contribution in [1.82, 2.24) is 39.9 Å². The normalized spacial score (nSPS) is 13.0. The Morgan fingerprint density at radius 3 is 0.795 bits per heavy atom. The molecule has 8 nitrogen and oxygen atoms in total. The van der Waals surface area contributed by atoms with Gasteiger partial charge in [-0.3, -0.25) is 0 Å². The number of aromatic nitrogens is 8. The minimum atomic E-state index is 0.804. The predicted octanol–water partition coefficient (Wildman–Crippen LogP) is 19.8. The smallest absolute Gasteiger partial charge is 0.0850 e. The van der Waals surface area contributed by atoms with Gasteiger partial charge in [0.15, 0.2) is 0 Å². The van der Waals surface area contributed by atoms with Crippen LogP contribution in [0.1, 0.15) is 263 Å². The Morgan fingerprint density at radius 2 is 0.477 bits per heavy atom. The summed E-state index contributed by atoms with van der Waals surface area (Å²) in [6.45, 7) is 36.0. The molecule has 0 unspecified atom stereocenters. The molecule has 8 heteroatoms. The van der Waals surface area contributed by atoms with E-state index in [0.29, 0.717) is 0 Å². The van der Waals surface area contributed by atoms with Crippen LogP contribution >= 0.6 is 0 Å². The number of fused-ring (bicyclic) bond motifs is 16. The minimum absolute atomic E-state index is 0.804. The van der Waals surface area contributed by atoms with Crippen molar-refractivity contribution in [3.8, 4) is 47.4 Å². The molecule has 88 heavy (non-hydrogen) atoms. The number of nitrogens with one attached hydrogen (secondary N) is 4. The van der Waals surface area contributed by atoms with Crippen molar-refractivity contribution in [3.05, 3.63) is 138 Å². The van der Waals surface area contributed by atoms with Crippen LogP contribution in [0.25, 0.3) is 88.7 Å². The molecular formula is C80H90N8. The predicted molar refractivity (Wildman–Crippen MR) is 376 cm³/mol. The van der Waals surface area contributed by atoms with Gasteiger partial charge in [-0.05, 0) is 276 Å². The van der Waals surface area contributed by atoms with Gasteiger partial charge < -0.3 is 19.9 Å². The summed E-state index contributed by atoms with van der Waals surface area (Å²) in [6, 6.07) is 13.8. The lowest BCUT2D eigenvalue weighted by atomic mass is 9.95. The third-order valence-electron chi connectivity index (χ3n) is 18.9. The average Bonchev–Trinajstić information content (AvgIpc) is 1.88. The molecule has 16 bridgehead atoms. The summed E-state index contributed by atoms with van der Waals surface area (Å²) in [5, 5.41) is 0. The lowest BCUT2D eigenvalue weighted by Crippen LogP contribution is -1.92. The van der Waals surface area contributed by atoms with Crippen LogP contribution in [-0.4, -0.2) is 39.9 Å². The molecule has 0 saturated carbocycles. The van der Waals surface area contributed by atoms with Gasteiger partial charge in [0.1, 0.15) is 0 Å². The highest BCUT2D eigenvalue weighted by atomic mass is 14.8. The molecule has 6 aromatic rings. The maximum absolute atomic E-state index is 5.60. The Morgan fingerprint density at radius 1 is 0.239 bits per heavy atom.